The molecule has 0 aliphatic heterocycles. The van der Waals surface area contributed by atoms with E-state index < -0.39 is 0 Å². The molecular weight excluding hydrogens is 152 g/mol. The molecule has 0 aliphatic rings. The average Bonchev–Trinajstić information content (AvgIpc) is 2.52. The van der Waals surface area contributed by atoms with Gasteiger partial charge in [0.25, 0.3) is 0 Å². The zero-order valence-electron chi connectivity index (χ0n) is 6.86. The molecular formula is C10H10O2. The topological polar surface area (TPSA) is 30.2 Å². The van der Waals surface area contributed by atoms with E-state index >= 15 is 0 Å². The van der Waals surface area contributed by atoms with Crippen LogP contribution in [0.4, 0.5) is 0 Å². The van der Waals surface area contributed by atoms with Crippen LogP contribution < -0.4 is 0 Å². The minimum Gasteiger partial charge on any atom is -0.464 e. The highest BCUT2D eigenvalue weighted by Gasteiger charge is 1.89. The van der Waals surface area contributed by atoms with E-state index in [1.165, 1.54) is 6.92 Å². The van der Waals surface area contributed by atoms with Crippen molar-refractivity contribution in [3.8, 4) is 0 Å². The van der Waals surface area contributed by atoms with Crippen molar-refractivity contribution in [2.45, 2.75) is 6.92 Å². The van der Waals surface area contributed by atoms with Crippen LogP contribution in [0.1, 0.15) is 6.92 Å². The summed E-state index contributed by atoms with van der Waals surface area (Å²) in [6.07, 6.45) is 2.45. The Hall–Kier alpha value is -1.57. The third-order valence-electron chi connectivity index (χ3n) is 1.36. The molecule has 0 fully saturated rings. The van der Waals surface area contributed by atoms with E-state index in [-0.39, 0.29) is 0 Å². The lowest BCUT2D eigenvalue weighted by atomic mass is 10.3. The Bertz CT molecular complexity index is 319. The second kappa shape index (κ2) is 4.34. The molecule has 2 rings (SSSR count). The highest BCUT2D eigenvalue weighted by molar-refractivity contribution is 5.76. The molecule has 1 heterocycles. The van der Waals surface area contributed by atoms with E-state index in [0.29, 0.717) is 0 Å². The first-order chi connectivity index (χ1) is 5.88. The van der Waals surface area contributed by atoms with Crippen LogP contribution in [0.25, 0.3) is 11.0 Å². The zero-order chi connectivity index (χ0) is 8.81. The Morgan fingerprint density at radius 2 is 1.92 bits per heavy atom. The largest absolute Gasteiger partial charge is 0.464 e. The Labute approximate surface area is 70.8 Å². The maximum absolute atomic E-state index is 8.81. The second-order valence-corrected chi connectivity index (χ2v) is 2.19. The molecule has 0 aliphatic carbocycles. The highest BCUT2D eigenvalue weighted by Crippen LogP contribution is 2.12. The number of para-hydroxylation sites is 1. The molecule has 2 heteroatoms. The van der Waals surface area contributed by atoms with E-state index in [1.54, 1.807) is 6.26 Å². The lowest BCUT2D eigenvalue weighted by Gasteiger charge is -1.81. The van der Waals surface area contributed by atoms with Crippen LogP contribution in [-0.2, 0) is 4.79 Å². The Morgan fingerprint density at radius 1 is 1.25 bits per heavy atom. The summed E-state index contributed by atoms with van der Waals surface area (Å²) in [5.41, 5.74) is 0.956. The molecule has 0 bridgehead atoms. The minimum absolute atomic E-state index is 0.750. The van der Waals surface area contributed by atoms with E-state index in [2.05, 4.69) is 0 Å². The lowest BCUT2D eigenvalue weighted by molar-refractivity contribution is -0.106. The summed E-state index contributed by atoms with van der Waals surface area (Å²) in [5, 5.41) is 1.16. The molecule has 0 amide bonds. The number of furan rings is 1. The van der Waals surface area contributed by atoms with Gasteiger partial charge in [-0.1, -0.05) is 18.2 Å². The van der Waals surface area contributed by atoms with E-state index in [9.17, 15) is 0 Å². The fourth-order valence-electron chi connectivity index (χ4n) is 0.906. The van der Waals surface area contributed by atoms with Crippen LogP contribution in [-0.4, -0.2) is 6.29 Å². The maximum Gasteiger partial charge on any atom is 0.133 e. The maximum atomic E-state index is 8.81. The van der Waals surface area contributed by atoms with Crippen molar-refractivity contribution in [2.75, 3.05) is 0 Å². The Balaban J connectivity index is 0.000000213. The van der Waals surface area contributed by atoms with Gasteiger partial charge in [-0.05, 0) is 19.1 Å². The van der Waals surface area contributed by atoms with Gasteiger partial charge < -0.3 is 9.21 Å². The van der Waals surface area contributed by atoms with Gasteiger partial charge in [-0.25, -0.2) is 0 Å². The molecule has 12 heavy (non-hydrogen) atoms. The van der Waals surface area contributed by atoms with E-state index in [4.69, 9.17) is 9.21 Å². The molecule has 0 atom stereocenters. The van der Waals surface area contributed by atoms with Crippen molar-refractivity contribution in [3.05, 3.63) is 36.6 Å². The molecule has 0 saturated carbocycles. The number of carbonyl (C=O) groups is 1. The number of rotatable bonds is 0. The third-order valence-corrected chi connectivity index (χ3v) is 1.36. The molecule has 0 radical (unpaired) electrons. The van der Waals surface area contributed by atoms with Crippen molar-refractivity contribution >= 4 is 17.3 Å². The van der Waals surface area contributed by atoms with Crippen LogP contribution in [0.15, 0.2) is 41.0 Å². The fourth-order valence-corrected chi connectivity index (χ4v) is 0.906. The summed E-state index contributed by atoms with van der Waals surface area (Å²) >= 11 is 0. The molecule has 62 valence electrons. The predicted molar refractivity (Wildman–Crippen MR) is 48.0 cm³/mol. The predicted octanol–water partition coefficient (Wildman–Crippen LogP) is 2.64. The van der Waals surface area contributed by atoms with Crippen molar-refractivity contribution in [1.82, 2.24) is 0 Å². The van der Waals surface area contributed by atoms with Crippen molar-refractivity contribution < 1.29 is 9.21 Å². The molecule has 0 saturated heterocycles. The van der Waals surface area contributed by atoms with Gasteiger partial charge in [0.2, 0.25) is 0 Å². The molecule has 0 N–H and O–H groups in total. The van der Waals surface area contributed by atoms with Crippen molar-refractivity contribution in [3.63, 3.8) is 0 Å². The number of fused-ring (bicyclic) bond motifs is 1. The van der Waals surface area contributed by atoms with Crippen molar-refractivity contribution in [1.29, 1.82) is 0 Å². The summed E-state index contributed by atoms with van der Waals surface area (Å²) in [5.74, 6) is 0. The second-order valence-electron chi connectivity index (χ2n) is 2.19. The standard InChI is InChI=1S/C8H6O.C2H4O/c1-2-4-8-7(3-1)5-6-9-8;1-2-3/h1-6H;2H,1H3. The van der Waals surface area contributed by atoms with Gasteiger partial charge >= 0.3 is 0 Å². The first-order valence-corrected chi connectivity index (χ1v) is 3.70. The van der Waals surface area contributed by atoms with Crippen LogP contribution >= 0.6 is 0 Å². The molecule has 2 nitrogen and oxygen atoms in total. The van der Waals surface area contributed by atoms with Gasteiger partial charge in [0.05, 0.1) is 6.26 Å². The molecule has 1 aromatic heterocycles. The molecule has 0 spiro atoms. The van der Waals surface area contributed by atoms with Crippen LogP contribution in [0.3, 0.4) is 0 Å². The first-order valence-electron chi connectivity index (χ1n) is 3.70. The van der Waals surface area contributed by atoms with Gasteiger partial charge in [-0.15, -0.1) is 0 Å². The van der Waals surface area contributed by atoms with Gasteiger partial charge in [-0.3, -0.25) is 0 Å². The number of carbonyl (C=O) groups excluding carboxylic acids is 1. The summed E-state index contributed by atoms with van der Waals surface area (Å²) in [6, 6.07) is 9.90. The fraction of sp³-hybridized carbons (Fsp3) is 0.100. The summed E-state index contributed by atoms with van der Waals surface area (Å²) in [6.45, 7) is 1.44. The Morgan fingerprint density at radius 3 is 2.58 bits per heavy atom. The smallest absolute Gasteiger partial charge is 0.133 e. The summed E-state index contributed by atoms with van der Waals surface area (Å²) < 4.78 is 5.12. The first kappa shape index (κ1) is 8.53. The number of hydrogen-bond acceptors (Lipinski definition) is 2. The van der Waals surface area contributed by atoms with Gasteiger partial charge in [0, 0.05) is 5.39 Å². The highest BCUT2D eigenvalue weighted by atomic mass is 16.3. The quantitative estimate of drug-likeness (QED) is 0.557. The Kier molecular flexibility index (Phi) is 3.08. The van der Waals surface area contributed by atoms with Gasteiger partial charge in [0.1, 0.15) is 11.9 Å². The molecule has 0 unspecified atom stereocenters. The van der Waals surface area contributed by atoms with Crippen LogP contribution in [0.2, 0.25) is 0 Å². The normalized spacial score (nSPS) is 8.75. The minimum atomic E-state index is 0.750. The third kappa shape index (κ3) is 1.95. The number of aldehydes is 1. The van der Waals surface area contributed by atoms with Crippen LogP contribution in [0, 0.1) is 0 Å². The number of benzene rings is 1. The zero-order valence-corrected chi connectivity index (χ0v) is 6.86. The van der Waals surface area contributed by atoms with Gasteiger partial charge in [0.15, 0.2) is 0 Å². The number of hydrogen-bond donors (Lipinski definition) is 0. The summed E-state index contributed by atoms with van der Waals surface area (Å²) in [7, 11) is 0. The van der Waals surface area contributed by atoms with E-state index in [1.807, 2.05) is 30.3 Å². The van der Waals surface area contributed by atoms with Crippen molar-refractivity contribution in [2.24, 2.45) is 0 Å². The van der Waals surface area contributed by atoms with E-state index in [0.717, 1.165) is 17.3 Å². The monoisotopic (exact) mass is 162 g/mol. The SMILES string of the molecule is CC=O.c1ccc2occc2c1. The molecule has 2 aromatic rings. The molecule has 1 aromatic carbocycles. The van der Waals surface area contributed by atoms with Gasteiger partial charge in [-0.2, -0.15) is 0 Å². The van der Waals surface area contributed by atoms with Crippen LogP contribution in [0.5, 0.6) is 0 Å². The lowest BCUT2D eigenvalue weighted by Crippen LogP contribution is -1.57. The average molecular weight is 162 g/mol. The summed E-state index contributed by atoms with van der Waals surface area (Å²) in [4.78, 5) is 8.81.